The molecule has 1 aromatic carbocycles. The van der Waals surface area contributed by atoms with E-state index in [1.54, 1.807) is 18.3 Å². The van der Waals surface area contributed by atoms with Crippen LogP contribution in [-0.4, -0.2) is 21.8 Å². The lowest BCUT2D eigenvalue weighted by molar-refractivity contribution is 0.0666. The Morgan fingerprint density at radius 2 is 1.95 bits per heavy atom. The zero-order valence-electron chi connectivity index (χ0n) is 12.5. The normalized spacial score (nSPS) is 11.9. The average Bonchev–Trinajstić information content (AvgIpc) is 2.53. The first kappa shape index (κ1) is 15.0. The first-order chi connectivity index (χ1) is 10.1. The molecule has 1 amide bonds. The Morgan fingerprint density at radius 1 is 1.24 bits per heavy atom. The van der Waals surface area contributed by atoms with Crippen LogP contribution in [0.5, 0.6) is 0 Å². The van der Waals surface area contributed by atoms with Crippen molar-refractivity contribution in [2.45, 2.75) is 32.9 Å². The molecule has 1 unspecified atom stereocenters. The van der Waals surface area contributed by atoms with Gasteiger partial charge in [-0.3, -0.25) is 4.79 Å². The molecule has 0 aliphatic carbocycles. The molecule has 21 heavy (non-hydrogen) atoms. The molecule has 1 heterocycles. The minimum atomic E-state index is -0.119. The molecule has 0 bridgehead atoms. The van der Waals surface area contributed by atoms with Crippen molar-refractivity contribution in [1.82, 2.24) is 9.88 Å². The zero-order valence-corrected chi connectivity index (χ0v) is 12.5. The summed E-state index contributed by atoms with van der Waals surface area (Å²) >= 11 is 0. The van der Waals surface area contributed by atoms with Gasteiger partial charge in [-0.05, 0) is 31.0 Å². The Labute approximate surface area is 125 Å². The summed E-state index contributed by atoms with van der Waals surface area (Å²) in [7, 11) is 0. The van der Waals surface area contributed by atoms with Gasteiger partial charge in [0, 0.05) is 18.8 Å². The minimum absolute atomic E-state index is 0.119. The van der Waals surface area contributed by atoms with Crippen LogP contribution in [0.1, 0.15) is 36.3 Å². The molecule has 0 saturated carbocycles. The average molecular weight is 283 g/mol. The van der Waals surface area contributed by atoms with Crippen molar-refractivity contribution in [3.63, 3.8) is 0 Å². The topological polar surface area (TPSA) is 59.2 Å². The summed E-state index contributed by atoms with van der Waals surface area (Å²) in [4.78, 5) is 18.7. The maximum Gasteiger partial charge on any atom is 0.275 e. The number of anilines is 1. The number of nitrogen functional groups attached to an aromatic ring is 1. The second-order valence-electron chi connectivity index (χ2n) is 5.12. The highest BCUT2D eigenvalue weighted by Crippen LogP contribution is 2.17. The first-order valence-electron chi connectivity index (χ1n) is 7.18. The standard InChI is InChI=1S/C17H21N3O/c1-3-13(2)20(12-14-8-5-4-6-9-14)17(21)16-15(18)10-7-11-19-16/h4-11,13H,3,12,18H2,1-2H3. The number of pyridine rings is 1. The number of benzene rings is 1. The maximum absolute atomic E-state index is 12.8. The summed E-state index contributed by atoms with van der Waals surface area (Å²) < 4.78 is 0. The fraction of sp³-hybridized carbons (Fsp3) is 0.294. The van der Waals surface area contributed by atoms with E-state index < -0.39 is 0 Å². The van der Waals surface area contributed by atoms with E-state index in [4.69, 9.17) is 5.73 Å². The molecular weight excluding hydrogens is 262 g/mol. The summed E-state index contributed by atoms with van der Waals surface area (Å²) in [5, 5.41) is 0. The van der Waals surface area contributed by atoms with E-state index in [1.165, 1.54) is 0 Å². The maximum atomic E-state index is 12.8. The van der Waals surface area contributed by atoms with E-state index in [0.717, 1.165) is 12.0 Å². The van der Waals surface area contributed by atoms with E-state index in [-0.39, 0.29) is 11.9 Å². The van der Waals surface area contributed by atoms with E-state index in [1.807, 2.05) is 42.2 Å². The van der Waals surface area contributed by atoms with E-state index in [9.17, 15) is 4.79 Å². The number of aromatic nitrogens is 1. The number of carbonyl (C=O) groups excluding carboxylic acids is 1. The number of hydrogen-bond donors (Lipinski definition) is 1. The van der Waals surface area contributed by atoms with Crippen LogP contribution in [0.3, 0.4) is 0 Å². The number of nitrogens with two attached hydrogens (primary N) is 1. The van der Waals surface area contributed by atoms with Crippen LogP contribution in [0.2, 0.25) is 0 Å². The zero-order chi connectivity index (χ0) is 15.2. The van der Waals surface area contributed by atoms with Gasteiger partial charge in [0.05, 0.1) is 5.69 Å². The third-order valence-corrected chi connectivity index (χ3v) is 3.62. The van der Waals surface area contributed by atoms with Gasteiger partial charge >= 0.3 is 0 Å². The van der Waals surface area contributed by atoms with Crippen LogP contribution >= 0.6 is 0 Å². The highest BCUT2D eigenvalue weighted by Gasteiger charge is 2.23. The van der Waals surface area contributed by atoms with Gasteiger partial charge < -0.3 is 10.6 Å². The predicted octanol–water partition coefficient (Wildman–Crippen LogP) is 3.10. The van der Waals surface area contributed by atoms with Gasteiger partial charge in [0.1, 0.15) is 0 Å². The van der Waals surface area contributed by atoms with Crippen LogP contribution in [-0.2, 0) is 6.54 Å². The van der Waals surface area contributed by atoms with E-state index in [0.29, 0.717) is 17.9 Å². The van der Waals surface area contributed by atoms with Gasteiger partial charge in [-0.15, -0.1) is 0 Å². The first-order valence-corrected chi connectivity index (χ1v) is 7.18. The van der Waals surface area contributed by atoms with Gasteiger partial charge in [-0.1, -0.05) is 37.3 Å². The summed E-state index contributed by atoms with van der Waals surface area (Å²) in [6.07, 6.45) is 2.48. The fourth-order valence-electron chi connectivity index (χ4n) is 2.16. The molecule has 0 aliphatic heterocycles. The second-order valence-corrected chi connectivity index (χ2v) is 5.12. The third kappa shape index (κ3) is 3.60. The van der Waals surface area contributed by atoms with Crippen molar-refractivity contribution < 1.29 is 4.79 Å². The molecule has 4 nitrogen and oxygen atoms in total. The number of hydrogen-bond acceptors (Lipinski definition) is 3. The lowest BCUT2D eigenvalue weighted by atomic mass is 10.1. The molecule has 110 valence electrons. The molecule has 0 radical (unpaired) electrons. The van der Waals surface area contributed by atoms with Gasteiger partial charge in [0.15, 0.2) is 5.69 Å². The van der Waals surface area contributed by atoms with Gasteiger partial charge in [0.25, 0.3) is 5.91 Å². The summed E-state index contributed by atoms with van der Waals surface area (Å²) in [5.74, 6) is -0.119. The Morgan fingerprint density at radius 3 is 2.57 bits per heavy atom. The minimum Gasteiger partial charge on any atom is -0.397 e. The quantitative estimate of drug-likeness (QED) is 0.917. The third-order valence-electron chi connectivity index (χ3n) is 3.62. The Balaban J connectivity index is 2.28. The van der Waals surface area contributed by atoms with Crippen molar-refractivity contribution in [2.75, 3.05) is 5.73 Å². The highest BCUT2D eigenvalue weighted by atomic mass is 16.2. The van der Waals surface area contributed by atoms with Gasteiger partial charge in [-0.25, -0.2) is 4.98 Å². The van der Waals surface area contributed by atoms with Crippen molar-refractivity contribution in [3.8, 4) is 0 Å². The Hall–Kier alpha value is -2.36. The molecule has 4 heteroatoms. The lowest BCUT2D eigenvalue weighted by Crippen LogP contribution is -2.38. The SMILES string of the molecule is CCC(C)N(Cc1ccccc1)C(=O)c1ncccc1N. The molecule has 0 aliphatic rings. The molecule has 1 aromatic heterocycles. The molecule has 2 aromatic rings. The molecule has 1 atom stereocenters. The van der Waals surface area contributed by atoms with Crippen LogP contribution in [0.4, 0.5) is 5.69 Å². The Kier molecular flexibility index (Phi) is 4.93. The van der Waals surface area contributed by atoms with Gasteiger partial charge in [-0.2, -0.15) is 0 Å². The van der Waals surface area contributed by atoms with Crippen molar-refractivity contribution in [3.05, 3.63) is 59.9 Å². The molecular formula is C17H21N3O. The Bertz CT molecular complexity index is 598. The monoisotopic (exact) mass is 283 g/mol. The second kappa shape index (κ2) is 6.88. The highest BCUT2D eigenvalue weighted by molar-refractivity contribution is 5.97. The molecule has 0 spiro atoms. The molecule has 2 rings (SSSR count). The number of amides is 1. The fourth-order valence-corrected chi connectivity index (χ4v) is 2.16. The molecule has 2 N–H and O–H groups in total. The van der Waals surface area contributed by atoms with Crippen LogP contribution in [0, 0.1) is 0 Å². The number of rotatable bonds is 5. The summed E-state index contributed by atoms with van der Waals surface area (Å²) in [6.45, 7) is 4.67. The molecule has 0 saturated heterocycles. The van der Waals surface area contributed by atoms with Gasteiger partial charge in [0.2, 0.25) is 0 Å². The lowest BCUT2D eigenvalue weighted by Gasteiger charge is -2.28. The van der Waals surface area contributed by atoms with Crippen LogP contribution in [0.15, 0.2) is 48.7 Å². The number of nitrogens with zero attached hydrogens (tertiary/aromatic N) is 2. The summed E-state index contributed by atoms with van der Waals surface area (Å²) in [5.41, 5.74) is 7.73. The van der Waals surface area contributed by atoms with Crippen LogP contribution in [0.25, 0.3) is 0 Å². The summed E-state index contributed by atoms with van der Waals surface area (Å²) in [6, 6.07) is 13.5. The smallest absolute Gasteiger partial charge is 0.275 e. The largest absolute Gasteiger partial charge is 0.397 e. The van der Waals surface area contributed by atoms with E-state index >= 15 is 0 Å². The van der Waals surface area contributed by atoms with Crippen molar-refractivity contribution in [1.29, 1.82) is 0 Å². The van der Waals surface area contributed by atoms with Crippen molar-refractivity contribution >= 4 is 11.6 Å². The number of carbonyl (C=O) groups is 1. The molecule has 0 fully saturated rings. The van der Waals surface area contributed by atoms with Crippen molar-refractivity contribution in [2.24, 2.45) is 0 Å². The predicted molar refractivity (Wildman–Crippen MR) is 84.7 cm³/mol. The van der Waals surface area contributed by atoms with Crippen LogP contribution < -0.4 is 5.73 Å². The van der Waals surface area contributed by atoms with E-state index in [2.05, 4.69) is 11.9 Å².